The molecule has 2 N–H and O–H groups in total. The molecule has 0 atom stereocenters. The van der Waals surface area contributed by atoms with Crippen LogP contribution in [0.25, 0.3) is 0 Å². The van der Waals surface area contributed by atoms with E-state index in [-0.39, 0.29) is 24.1 Å². The quantitative estimate of drug-likeness (QED) is 0.784. The molecule has 6 nitrogen and oxygen atoms in total. The van der Waals surface area contributed by atoms with E-state index in [1.165, 1.54) is 11.3 Å². The third-order valence-electron chi connectivity index (χ3n) is 4.19. The van der Waals surface area contributed by atoms with E-state index in [2.05, 4.69) is 10.6 Å². The molecule has 0 radical (unpaired) electrons. The number of anilines is 1. The van der Waals surface area contributed by atoms with Crippen molar-refractivity contribution in [2.24, 2.45) is 0 Å². The van der Waals surface area contributed by atoms with Gasteiger partial charge in [-0.05, 0) is 35.6 Å². The molecule has 7 heteroatoms. The first-order chi connectivity index (χ1) is 12.6. The average Bonchev–Trinajstić information content (AvgIpc) is 3.32. The summed E-state index contributed by atoms with van der Waals surface area (Å²) in [5.74, 6) is -0.106. The summed E-state index contributed by atoms with van der Waals surface area (Å²) in [5, 5.41) is 7.41. The Bertz CT molecular complexity index is 772. The van der Waals surface area contributed by atoms with Gasteiger partial charge < -0.3 is 15.5 Å². The molecule has 136 valence electrons. The largest absolute Gasteiger partial charge is 0.352 e. The van der Waals surface area contributed by atoms with E-state index in [4.69, 9.17) is 0 Å². The van der Waals surface area contributed by atoms with E-state index < -0.39 is 0 Å². The van der Waals surface area contributed by atoms with Crippen molar-refractivity contribution in [1.29, 1.82) is 0 Å². The highest BCUT2D eigenvalue weighted by atomic mass is 32.1. The lowest BCUT2D eigenvalue weighted by atomic mass is 10.2. The highest BCUT2D eigenvalue weighted by Gasteiger charge is 2.21. The SMILES string of the molecule is O=C(CCNC(=O)c1cccs1)NCc1ccc(N2CCCC2=O)cc1. The predicted molar refractivity (Wildman–Crippen MR) is 101 cm³/mol. The van der Waals surface area contributed by atoms with Crippen molar-refractivity contribution >= 4 is 34.7 Å². The van der Waals surface area contributed by atoms with Gasteiger partial charge in [-0.2, -0.15) is 0 Å². The topological polar surface area (TPSA) is 78.5 Å². The van der Waals surface area contributed by atoms with Gasteiger partial charge in [0.15, 0.2) is 0 Å². The van der Waals surface area contributed by atoms with Gasteiger partial charge in [0, 0.05) is 38.2 Å². The van der Waals surface area contributed by atoms with E-state index in [1.54, 1.807) is 11.0 Å². The molecular weight excluding hydrogens is 350 g/mol. The minimum atomic E-state index is -0.153. The summed E-state index contributed by atoms with van der Waals surface area (Å²) in [6.45, 7) is 1.50. The third kappa shape index (κ3) is 4.70. The third-order valence-corrected chi connectivity index (χ3v) is 5.06. The molecule has 0 aliphatic carbocycles. The van der Waals surface area contributed by atoms with Crippen LogP contribution in [-0.4, -0.2) is 30.8 Å². The van der Waals surface area contributed by atoms with E-state index in [1.807, 2.05) is 35.7 Å². The summed E-state index contributed by atoms with van der Waals surface area (Å²) in [4.78, 5) is 37.8. The van der Waals surface area contributed by atoms with Crippen LogP contribution < -0.4 is 15.5 Å². The van der Waals surface area contributed by atoms with Crippen LogP contribution >= 0.6 is 11.3 Å². The number of nitrogens with one attached hydrogen (secondary N) is 2. The van der Waals surface area contributed by atoms with Crippen molar-refractivity contribution in [3.63, 3.8) is 0 Å². The number of carbonyl (C=O) groups is 3. The molecule has 1 aromatic carbocycles. The van der Waals surface area contributed by atoms with Gasteiger partial charge in [0.25, 0.3) is 5.91 Å². The van der Waals surface area contributed by atoms with Gasteiger partial charge in [-0.3, -0.25) is 14.4 Å². The second-order valence-electron chi connectivity index (χ2n) is 6.08. The van der Waals surface area contributed by atoms with Gasteiger partial charge in [0.05, 0.1) is 4.88 Å². The maximum absolute atomic E-state index is 11.9. The normalized spacial score (nSPS) is 13.7. The Labute approximate surface area is 156 Å². The Kier molecular flexibility index (Phi) is 6.01. The Morgan fingerprint density at radius 1 is 1.12 bits per heavy atom. The van der Waals surface area contributed by atoms with Gasteiger partial charge in [-0.1, -0.05) is 18.2 Å². The molecule has 1 aliphatic heterocycles. The number of benzene rings is 1. The monoisotopic (exact) mass is 371 g/mol. The highest BCUT2D eigenvalue weighted by Crippen LogP contribution is 2.21. The smallest absolute Gasteiger partial charge is 0.261 e. The zero-order valence-corrected chi connectivity index (χ0v) is 15.2. The number of hydrogen-bond acceptors (Lipinski definition) is 4. The summed E-state index contributed by atoms with van der Waals surface area (Å²) < 4.78 is 0. The van der Waals surface area contributed by atoms with Crippen LogP contribution in [0, 0.1) is 0 Å². The standard InChI is InChI=1S/C19H21N3O3S/c23-17(9-10-20-19(25)16-3-2-12-26-16)21-13-14-5-7-15(8-6-14)22-11-1-4-18(22)24/h2-3,5-8,12H,1,4,9-11,13H2,(H,20,25)(H,21,23). The molecule has 2 heterocycles. The van der Waals surface area contributed by atoms with Crippen molar-refractivity contribution in [2.75, 3.05) is 18.0 Å². The van der Waals surface area contributed by atoms with Gasteiger partial charge in [-0.25, -0.2) is 0 Å². The summed E-state index contributed by atoms with van der Waals surface area (Å²) in [7, 11) is 0. The summed E-state index contributed by atoms with van der Waals surface area (Å²) in [6.07, 6.45) is 1.75. The van der Waals surface area contributed by atoms with Crippen LogP contribution in [0.2, 0.25) is 0 Å². The number of thiophene rings is 1. The lowest BCUT2D eigenvalue weighted by molar-refractivity contribution is -0.121. The van der Waals surface area contributed by atoms with Crippen molar-refractivity contribution in [3.8, 4) is 0 Å². The molecular formula is C19H21N3O3S. The number of carbonyl (C=O) groups excluding carboxylic acids is 3. The van der Waals surface area contributed by atoms with Crippen molar-refractivity contribution in [2.45, 2.75) is 25.8 Å². The first-order valence-electron chi connectivity index (χ1n) is 8.61. The van der Waals surface area contributed by atoms with Crippen molar-refractivity contribution < 1.29 is 14.4 Å². The second-order valence-corrected chi connectivity index (χ2v) is 7.02. The number of rotatable bonds is 7. The minimum Gasteiger partial charge on any atom is -0.352 e. The van der Waals surface area contributed by atoms with E-state index in [9.17, 15) is 14.4 Å². The molecule has 1 fully saturated rings. The first-order valence-corrected chi connectivity index (χ1v) is 9.49. The van der Waals surface area contributed by atoms with Gasteiger partial charge in [0.1, 0.15) is 0 Å². The van der Waals surface area contributed by atoms with Gasteiger partial charge in [-0.15, -0.1) is 11.3 Å². The van der Waals surface area contributed by atoms with E-state index in [0.29, 0.717) is 24.4 Å². The Hall–Kier alpha value is -2.67. The minimum absolute atomic E-state index is 0.115. The number of amides is 3. The first kappa shape index (κ1) is 18.1. The van der Waals surface area contributed by atoms with E-state index in [0.717, 1.165) is 24.2 Å². The zero-order chi connectivity index (χ0) is 18.4. The second kappa shape index (κ2) is 8.62. The molecule has 1 aliphatic rings. The lowest BCUT2D eigenvalue weighted by Gasteiger charge is -2.16. The van der Waals surface area contributed by atoms with Gasteiger partial charge >= 0.3 is 0 Å². The molecule has 1 saturated heterocycles. The van der Waals surface area contributed by atoms with Crippen molar-refractivity contribution in [1.82, 2.24) is 10.6 Å². The molecule has 3 rings (SSSR count). The van der Waals surface area contributed by atoms with E-state index >= 15 is 0 Å². The Morgan fingerprint density at radius 2 is 1.92 bits per heavy atom. The summed E-state index contributed by atoms with van der Waals surface area (Å²) >= 11 is 1.37. The molecule has 2 aromatic rings. The highest BCUT2D eigenvalue weighted by molar-refractivity contribution is 7.12. The van der Waals surface area contributed by atoms with Crippen LogP contribution in [0.3, 0.4) is 0 Å². The van der Waals surface area contributed by atoms with Crippen LogP contribution in [-0.2, 0) is 16.1 Å². The Balaban J connectivity index is 1.39. The summed E-state index contributed by atoms with van der Waals surface area (Å²) in [6, 6.07) is 11.2. The average molecular weight is 371 g/mol. The number of nitrogens with zero attached hydrogens (tertiary/aromatic N) is 1. The molecule has 0 saturated carbocycles. The summed E-state index contributed by atoms with van der Waals surface area (Å²) in [5.41, 5.74) is 1.87. The molecule has 26 heavy (non-hydrogen) atoms. The fourth-order valence-corrected chi connectivity index (χ4v) is 3.43. The van der Waals surface area contributed by atoms with Crippen LogP contribution in [0.1, 0.15) is 34.5 Å². The maximum Gasteiger partial charge on any atom is 0.261 e. The zero-order valence-electron chi connectivity index (χ0n) is 14.4. The molecule has 0 bridgehead atoms. The van der Waals surface area contributed by atoms with Crippen LogP contribution in [0.5, 0.6) is 0 Å². The molecule has 0 unspecified atom stereocenters. The van der Waals surface area contributed by atoms with Crippen molar-refractivity contribution in [3.05, 3.63) is 52.2 Å². The molecule has 0 spiro atoms. The lowest BCUT2D eigenvalue weighted by Crippen LogP contribution is -2.30. The fourth-order valence-electron chi connectivity index (χ4n) is 2.79. The maximum atomic E-state index is 11.9. The van der Waals surface area contributed by atoms with Crippen LogP contribution in [0.4, 0.5) is 5.69 Å². The fraction of sp³-hybridized carbons (Fsp3) is 0.316. The Morgan fingerprint density at radius 3 is 2.58 bits per heavy atom. The van der Waals surface area contributed by atoms with Gasteiger partial charge in [0.2, 0.25) is 11.8 Å². The number of hydrogen-bond donors (Lipinski definition) is 2. The predicted octanol–water partition coefficient (Wildman–Crippen LogP) is 2.31. The molecule has 3 amide bonds. The van der Waals surface area contributed by atoms with Crippen LogP contribution in [0.15, 0.2) is 41.8 Å². The molecule has 1 aromatic heterocycles.